The van der Waals surface area contributed by atoms with Crippen LogP contribution in [0.1, 0.15) is 45.1 Å². The Labute approximate surface area is 126 Å². The average Bonchev–Trinajstić information content (AvgIpc) is 2.51. The molecule has 5 nitrogen and oxygen atoms in total. The smallest absolute Gasteiger partial charge is 0.235 e. The van der Waals surface area contributed by atoms with Crippen molar-refractivity contribution in [2.45, 2.75) is 46.0 Å². The van der Waals surface area contributed by atoms with Crippen molar-refractivity contribution >= 4 is 17.4 Å². The summed E-state index contributed by atoms with van der Waals surface area (Å²) in [6, 6.07) is 7.81. The van der Waals surface area contributed by atoms with Crippen molar-refractivity contribution in [1.29, 1.82) is 0 Å². The van der Waals surface area contributed by atoms with E-state index in [9.17, 15) is 4.79 Å². The molecule has 1 aromatic carbocycles. The molecule has 21 heavy (non-hydrogen) atoms. The Morgan fingerprint density at radius 1 is 1.29 bits per heavy atom. The van der Waals surface area contributed by atoms with Crippen LogP contribution in [0.3, 0.4) is 0 Å². The molecule has 0 fully saturated rings. The summed E-state index contributed by atoms with van der Waals surface area (Å²) in [4.78, 5) is 12.2. The third kappa shape index (κ3) is 5.45. The molecule has 0 bridgehead atoms. The molecule has 5 heteroatoms. The largest absolute Gasteiger partial charge is 0.409 e. The molecule has 1 aromatic rings. The first-order chi connectivity index (χ1) is 10.1. The Balaban J connectivity index is 2.68. The van der Waals surface area contributed by atoms with Crippen LogP contribution in [0.25, 0.3) is 0 Å². The molecule has 0 aliphatic carbocycles. The summed E-state index contributed by atoms with van der Waals surface area (Å²) in [5.74, 6) is -0.887. The van der Waals surface area contributed by atoms with E-state index in [-0.39, 0.29) is 11.7 Å². The minimum Gasteiger partial charge on any atom is -0.409 e. The van der Waals surface area contributed by atoms with Crippen molar-refractivity contribution in [3.63, 3.8) is 0 Å². The van der Waals surface area contributed by atoms with E-state index in [2.05, 4.69) is 17.4 Å². The number of oxime groups is 1. The number of amides is 1. The van der Waals surface area contributed by atoms with Crippen LogP contribution in [-0.2, 0) is 11.2 Å². The van der Waals surface area contributed by atoms with E-state index in [1.807, 2.05) is 31.2 Å². The molecule has 1 atom stereocenters. The van der Waals surface area contributed by atoms with E-state index in [0.29, 0.717) is 6.42 Å². The van der Waals surface area contributed by atoms with Crippen molar-refractivity contribution in [1.82, 2.24) is 0 Å². The van der Waals surface area contributed by atoms with Gasteiger partial charge >= 0.3 is 0 Å². The SMILES string of the molecule is CCCCc1ccc(NC(=O)C(CCC)C(N)=NO)cc1. The van der Waals surface area contributed by atoms with Crippen LogP contribution in [0.5, 0.6) is 0 Å². The zero-order valence-corrected chi connectivity index (χ0v) is 12.8. The number of carbonyl (C=O) groups excluding carboxylic acids is 1. The van der Waals surface area contributed by atoms with Crippen LogP contribution in [0, 0.1) is 5.92 Å². The maximum Gasteiger partial charge on any atom is 0.235 e. The van der Waals surface area contributed by atoms with Crippen LogP contribution >= 0.6 is 0 Å². The fourth-order valence-electron chi connectivity index (χ4n) is 2.14. The van der Waals surface area contributed by atoms with Crippen molar-refractivity contribution in [2.75, 3.05) is 5.32 Å². The number of benzene rings is 1. The molecule has 0 heterocycles. The molecule has 0 aliphatic rings. The van der Waals surface area contributed by atoms with E-state index >= 15 is 0 Å². The Hall–Kier alpha value is -2.04. The lowest BCUT2D eigenvalue weighted by atomic mass is 10.0. The third-order valence-electron chi connectivity index (χ3n) is 3.41. The van der Waals surface area contributed by atoms with E-state index in [4.69, 9.17) is 10.9 Å². The van der Waals surface area contributed by atoms with Crippen molar-refractivity contribution in [3.8, 4) is 0 Å². The molecule has 116 valence electrons. The van der Waals surface area contributed by atoms with Crippen molar-refractivity contribution in [2.24, 2.45) is 16.8 Å². The lowest BCUT2D eigenvalue weighted by molar-refractivity contribution is -0.118. The summed E-state index contributed by atoms with van der Waals surface area (Å²) in [6.07, 6.45) is 4.71. The van der Waals surface area contributed by atoms with E-state index in [1.54, 1.807) is 0 Å². The van der Waals surface area contributed by atoms with Crippen LogP contribution in [-0.4, -0.2) is 17.0 Å². The van der Waals surface area contributed by atoms with Gasteiger partial charge in [-0.2, -0.15) is 0 Å². The second-order valence-electron chi connectivity index (χ2n) is 5.16. The number of carbonyl (C=O) groups is 1. The summed E-state index contributed by atoms with van der Waals surface area (Å²) < 4.78 is 0. The maximum absolute atomic E-state index is 12.2. The number of aryl methyl sites for hydroxylation is 1. The number of hydrogen-bond donors (Lipinski definition) is 3. The summed E-state index contributed by atoms with van der Waals surface area (Å²) in [5, 5.41) is 14.5. The van der Waals surface area contributed by atoms with Crippen molar-refractivity contribution < 1.29 is 10.0 Å². The number of hydrogen-bond acceptors (Lipinski definition) is 3. The minimum atomic E-state index is -0.597. The molecule has 0 radical (unpaired) electrons. The molecule has 1 amide bonds. The fourth-order valence-corrected chi connectivity index (χ4v) is 2.14. The van der Waals surface area contributed by atoms with Gasteiger partial charge in [0.25, 0.3) is 0 Å². The quantitative estimate of drug-likeness (QED) is 0.297. The van der Waals surface area contributed by atoms with Crippen LogP contribution in [0.2, 0.25) is 0 Å². The van der Waals surface area contributed by atoms with Gasteiger partial charge in [-0.1, -0.05) is 44.0 Å². The zero-order chi connectivity index (χ0) is 15.7. The molecule has 1 unspecified atom stereocenters. The number of amidine groups is 1. The zero-order valence-electron chi connectivity index (χ0n) is 12.8. The van der Waals surface area contributed by atoms with Gasteiger partial charge in [-0.15, -0.1) is 0 Å². The van der Waals surface area contributed by atoms with E-state index < -0.39 is 5.92 Å². The van der Waals surface area contributed by atoms with Gasteiger partial charge in [0.1, 0.15) is 0 Å². The normalized spacial score (nSPS) is 13.0. The van der Waals surface area contributed by atoms with Gasteiger partial charge < -0.3 is 16.3 Å². The molecule has 0 aliphatic heterocycles. The Kier molecular flexibility index (Phi) is 7.29. The van der Waals surface area contributed by atoms with Gasteiger partial charge in [0, 0.05) is 5.69 Å². The second kappa shape index (κ2) is 9.00. The molecular weight excluding hydrogens is 266 g/mol. The van der Waals surface area contributed by atoms with Gasteiger partial charge in [0.05, 0.1) is 5.92 Å². The molecule has 1 rings (SSSR count). The highest BCUT2D eigenvalue weighted by molar-refractivity contribution is 6.07. The van der Waals surface area contributed by atoms with Crippen LogP contribution < -0.4 is 11.1 Å². The number of nitrogens with two attached hydrogens (primary N) is 1. The molecule has 0 saturated carbocycles. The number of nitrogens with one attached hydrogen (secondary N) is 1. The second-order valence-corrected chi connectivity index (χ2v) is 5.16. The number of rotatable bonds is 8. The average molecular weight is 291 g/mol. The lowest BCUT2D eigenvalue weighted by Crippen LogP contribution is -2.34. The third-order valence-corrected chi connectivity index (χ3v) is 3.41. The van der Waals surface area contributed by atoms with Crippen molar-refractivity contribution in [3.05, 3.63) is 29.8 Å². The standard InChI is InChI=1S/C16H25N3O2/c1-3-5-7-12-8-10-13(11-9-12)18-16(20)14(6-4-2)15(17)19-21/h8-11,14,21H,3-7H2,1-2H3,(H2,17,19)(H,18,20). The lowest BCUT2D eigenvalue weighted by Gasteiger charge is -2.14. The topological polar surface area (TPSA) is 87.7 Å². The van der Waals surface area contributed by atoms with E-state index in [1.165, 1.54) is 5.56 Å². The highest BCUT2D eigenvalue weighted by Gasteiger charge is 2.22. The number of unbranched alkanes of at least 4 members (excludes halogenated alkanes) is 1. The predicted molar refractivity (Wildman–Crippen MR) is 85.5 cm³/mol. The fraction of sp³-hybridized carbons (Fsp3) is 0.500. The molecule has 0 spiro atoms. The summed E-state index contributed by atoms with van der Waals surface area (Å²) >= 11 is 0. The minimum absolute atomic E-state index is 0.0473. The highest BCUT2D eigenvalue weighted by Crippen LogP contribution is 2.15. The van der Waals surface area contributed by atoms with Gasteiger partial charge in [-0.05, 0) is 37.0 Å². The van der Waals surface area contributed by atoms with Gasteiger partial charge in [-0.25, -0.2) is 0 Å². The Bertz CT molecular complexity index is 469. The molecule has 4 N–H and O–H groups in total. The number of nitrogens with zero attached hydrogens (tertiary/aromatic N) is 1. The summed E-state index contributed by atoms with van der Waals surface area (Å²) in [6.45, 7) is 4.11. The summed E-state index contributed by atoms with van der Waals surface area (Å²) in [7, 11) is 0. The molecular formula is C16H25N3O2. The van der Waals surface area contributed by atoms with Crippen LogP contribution in [0.4, 0.5) is 5.69 Å². The van der Waals surface area contributed by atoms with Crippen LogP contribution in [0.15, 0.2) is 29.4 Å². The first-order valence-electron chi connectivity index (χ1n) is 7.49. The Morgan fingerprint density at radius 3 is 2.48 bits per heavy atom. The predicted octanol–water partition coefficient (Wildman–Crippen LogP) is 3.13. The van der Waals surface area contributed by atoms with Gasteiger partial charge in [0.15, 0.2) is 5.84 Å². The summed E-state index contributed by atoms with van der Waals surface area (Å²) in [5.41, 5.74) is 7.57. The first kappa shape index (κ1) is 17.0. The molecule has 0 saturated heterocycles. The van der Waals surface area contributed by atoms with Gasteiger partial charge in [0.2, 0.25) is 5.91 Å². The number of anilines is 1. The Morgan fingerprint density at radius 2 is 1.95 bits per heavy atom. The first-order valence-corrected chi connectivity index (χ1v) is 7.49. The highest BCUT2D eigenvalue weighted by atomic mass is 16.4. The van der Waals surface area contributed by atoms with Gasteiger partial charge in [-0.3, -0.25) is 4.79 Å². The maximum atomic E-state index is 12.2. The molecule has 0 aromatic heterocycles. The van der Waals surface area contributed by atoms with E-state index in [0.717, 1.165) is 31.4 Å². The monoisotopic (exact) mass is 291 g/mol.